The monoisotopic (exact) mass is 1180 g/mol. The van der Waals surface area contributed by atoms with Gasteiger partial charge in [0.2, 0.25) is 17.7 Å². The first-order valence-corrected chi connectivity index (χ1v) is 29.4. The maximum absolute atomic E-state index is 13.2. The second-order valence-electron chi connectivity index (χ2n) is 22.5. The van der Waals surface area contributed by atoms with Crippen molar-refractivity contribution in [2.75, 3.05) is 134 Å². The van der Waals surface area contributed by atoms with Crippen LogP contribution in [0.2, 0.25) is 0 Å². The number of likely N-dealkylation sites (N-methyl/N-ethyl adjacent to an activating group) is 2. The summed E-state index contributed by atoms with van der Waals surface area (Å²) in [5.41, 5.74) is 17.9. The number of aliphatic imine (C=N–C) groups is 1. The van der Waals surface area contributed by atoms with Gasteiger partial charge in [-0.1, -0.05) is 78.9 Å². The number of aromatic amines is 1. The first kappa shape index (κ1) is 61.1. The number of H-pyrrole nitrogens is 1. The summed E-state index contributed by atoms with van der Waals surface area (Å²) in [6.45, 7) is 13.6. The molecule has 0 aliphatic carbocycles. The fraction of sp³-hybridized carbons (Fsp3) is 0.324. The number of aromatic nitrogens is 1. The molecule has 0 saturated carbocycles. The Morgan fingerprint density at radius 2 is 1.21 bits per heavy atom. The highest BCUT2D eigenvalue weighted by atomic mass is 16.5. The number of nitrogens with zero attached hydrogens (tertiary/aromatic N) is 8. The van der Waals surface area contributed by atoms with Gasteiger partial charge in [0.05, 0.1) is 67.2 Å². The summed E-state index contributed by atoms with van der Waals surface area (Å²) >= 11 is 0. The number of hydrogen-bond donors (Lipinski definition) is 3. The third-order valence-electron chi connectivity index (χ3n) is 16.7. The fourth-order valence-electron chi connectivity index (χ4n) is 11.8. The van der Waals surface area contributed by atoms with Crippen LogP contribution >= 0.6 is 0 Å². The van der Waals surface area contributed by atoms with Crippen molar-refractivity contribution in [3.8, 4) is 5.88 Å². The molecule has 5 aliphatic rings. The van der Waals surface area contributed by atoms with Crippen LogP contribution in [0.5, 0.6) is 5.88 Å². The van der Waals surface area contributed by atoms with Gasteiger partial charge < -0.3 is 49.6 Å². The number of aromatic hydroxyl groups is 1. The van der Waals surface area contributed by atoms with E-state index in [-0.39, 0.29) is 34.9 Å². The van der Waals surface area contributed by atoms with Crippen molar-refractivity contribution in [1.29, 1.82) is 0 Å². The molecule has 1 aromatic heterocycles. The molecule has 5 aliphatic heterocycles. The molecule has 0 bridgehead atoms. The zero-order valence-corrected chi connectivity index (χ0v) is 50.5. The molecule has 2 fully saturated rings. The van der Waals surface area contributed by atoms with Gasteiger partial charge in [0, 0.05) is 124 Å². The zero-order valence-electron chi connectivity index (χ0n) is 50.5. The van der Waals surface area contributed by atoms with Gasteiger partial charge in [0.25, 0.3) is 5.91 Å². The average Bonchev–Trinajstić information content (AvgIpc) is 1.83. The molecule has 452 valence electrons. The van der Waals surface area contributed by atoms with Gasteiger partial charge in [-0.3, -0.25) is 29.0 Å². The number of methoxy groups -OCH3 is 3. The summed E-state index contributed by atoms with van der Waals surface area (Å²) in [4.78, 5) is 84.8. The van der Waals surface area contributed by atoms with Gasteiger partial charge in [-0.05, 0) is 105 Å². The molecule has 1 unspecified atom stereocenters. The normalized spacial score (nSPS) is 17.2. The largest absolute Gasteiger partial charge is 0.495 e. The predicted molar refractivity (Wildman–Crippen MR) is 341 cm³/mol. The van der Waals surface area contributed by atoms with Crippen molar-refractivity contribution in [3.63, 3.8) is 0 Å². The van der Waals surface area contributed by atoms with Gasteiger partial charge in [-0.2, -0.15) is 0 Å². The van der Waals surface area contributed by atoms with Crippen molar-refractivity contribution >= 4 is 86.0 Å². The van der Waals surface area contributed by atoms with E-state index < -0.39 is 17.8 Å². The van der Waals surface area contributed by atoms with Crippen LogP contribution in [0.4, 0.5) is 28.4 Å². The van der Waals surface area contributed by atoms with Crippen molar-refractivity contribution in [3.05, 3.63) is 178 Å². The lowest BCUT2D eigenvalue weighted by Gasteiger charge is -2.32. The molecule has 19 heteroatoms. The van der Waals surface area contributed by atoms with Crippen molar-refractivity contribution in [1.82, 2.24) is 24.6 Å². The molecule has 0 spiro atoms. The predicted octanol–water partition coefficient (Wildman–Crippen LogP) is 8.17. The van der Waals surface area contributed by atoms with Crippen LogP contribution in [0.15, 0.2) is 138 Å². The van der Waals surface area contributed by atoms with E-state index in [1.807, 2.05) is 126 Å². The number of benzene rings is 6. The minimum absolute atomic E-state index is 0.0602. The van der Waals surface area contributed by atoms with Crippen molar-refractivity contribution in [2.45, 2.75) is 32.8 Å². The highest BCUT2D eigenvalue weighted by molar-refractivity contribution is 6.43. The van der Waals surface area contributed by atoms with Crippen molar-refractivity contribution < 1.29 is 43.3 Å². The molecule has 2 saturated heterocycles. The van der Waals surface area contributed by atoms with E-state index >= 15 is 0 Å². The third kappa shape index (κ3) is 13.5. The first-order chi connectivity index (χ1) is 42.0. The highest BCUT2D eigenvalue weighted by Crippen LogP contribution is 2.42. The van der Waals surface area contributed by atoms with Crippen LogP contribution in [-0.4, -0.2) is 179 Å². The number of hydrogen-bond acceptors (Lipinski definition) is 15. The van der Waals surface area contributed by atoms with Crippen LogP contribution in [0.25, 0.3) is 22.2 Å². The molecule has 87 heavy (non-hydrogen) atoms. The van der Waals surface area contributed by atoms with E-state index in [2.05, 4.69) is 44.7 Å². The Kier molecular flexibility index (Phi) is 19.1. The summed E-state index contributed by atoms with van der Waals surface area (Å²) < 4.78 is 15.7. The minimum Gasteiger partial charge on any atom is -0.495 e. The second kappa shape index (κ2) is 27.2. The molecule has 0 radical (unpaired) electrons. The number of carbonyl (C=O) groups is 5. The number of nitrogen functional groups attached to an aromatic ring is 1. The van der Waals surface area contributed by atoms with Crippen LogP contribution in [0.1, 0.15) is 69.3 Å². The Morgan fingerprint density at radius 1 is 0.632 bits per heavy atom. The number of piperazine rings is 2. The van der Waals surface area contributed by atoms with E-state index in [0.717, 1.165) is 127 Å². The van der Waals surface area contributed by atoms with E-state index in [0.29, 0.717) is 53.5 Å². The van der Waals surface area contributed by atoms with Crippen molar-refractivity contribution in [2.24, 2.45) is 4.99 Å². The summed E-state index contributed by atoms with van der Waals surface area (Å²) in [7, 11) is 8.68. The lowest BCUT2D eigenvalue weighted by atomic mass is 9.99. The number of amides is 4. The SMILES string of the molecule is CN1CCN(CC(=O)N2CCc3cc(N)ccc32)CC1.COC(=O)c1ccc2c(c1)N(C(C)=O)C(=O)/C2=C(\OC)c1ccccc1.COC(C)c1ccc2c(C(=Nc3ccc4c(c3)CCN4C(=O)CN3CCN(C)CC3)c3ccccc3)c(O)[nH]c2c1. The maximum Gasteiger partial charge on any atom is 0.337 e. The fourth-order valence-corrected chi connectivity index (χ4v) is 11.8. The smallest absolute Gasteiger partial charge is 0.337 e. The van der Waals surface area contributed by atoms with Gasteiger partial charge in [0.15, 0.2) is 5.88 Å². The maximum atomic E-state index is 13.2. The van der Waals surface area contributed by atoms with Crippen LogP contribution in [0, 0.1) is 0 Å². The summed E-state index contributed by atoms with van der Waals surface area (Å²) in [6, 6.07) is 41.7. The van der Waals surface area contributed by atoms with Gasteiger partial charge in [-0.15, -0.1) is 0 Å². The number of esters is 1. The third-order valence-corrected chi connectivity index (χ3v) is 16.7. The quantitative estimate of drug-likeness (QED) is 0.0347. The Morgan fingerprint density at radius 3 is 1.77 bits per heavy atom. The number of anilines is 4. The molecule has 6 heterocycles. The standard InChI is InChI=1S/C33H37N5O3.C20H17NO5.C15H22N4O/c1-22(41-3)24-9-11-27-28(20-24)35-33(40)31(27)32(23-7-5-4-6-8-23)34-26-10-12-29-25(19-26)13-14-38(29)30(39)21-37-17-15-36(2)16-18-37;1-12(22)21-16-11-14(20(24)26-3)9-10-15(16)17(19(21)23)18(25-2)13-7-5-4-6-8-13;1-17-6-8-18(9-7-17)11-15(20)19-5-4-12-10-13(16)2-3-14(12)19/h4-12,19-20,22,35,40H,13-18,21H2,1-3H3;4-11H,1-3H3;2-3,10H,4-9,11,16H2,1H3/b;18-17-;. The highest BCUT2D eigenvalue weighted by Gasteiger charge is 2.39. The number of imide groups is 1. The van der Waals surface area contributed by atoms with Crippen LogP contribution < -0.4 is 20.4 Å². The summed E-state index contributed by atoms with van der Waals surface area (Å²) in [5.74, 6) is -0.681. The molecule has 12 rings (SSSR count). The number of nitrogens with one attached hydrogen (secondary N) is 1. The Balaban J connectivity index is 0.000000156. The molecule has 7 aromatic rings. The lowest BCUT2D eigenvalue weighted by Crippen LogP contribution is -2.48. The first-order valence-electron chi connectivity index (χ1n) is 29.4. The van der Waals surface area contributed by atoms with E-state index in [4.69, 9.17) is 24.9 Å². The molecular formula is C68H76N10O9. The van der Waals surface area contributed by atoms with E-state index in [9.17, 15) is 29.1 Å². The number of ether oxygens (including phenoxy) is 3. The van der Waals surface area contributed by atoms with E-state index in [1.54, 1.807) is 19.2 Å². The lowest BCUT2D eigenvalue weighted by molar-refractivity contribution is -0.122. The van der Waals surface area contributed by atoms with Gasteiger partial charge in [-0.25, -0.2) is 14.7 Å². The molecule has 19 nitrogen and oxygen atoms in total. The van der Waals surface area contributed by atoms with E-state index in [1.165, 1.54) is 32.8 Å². The van der Waals surface area contributed by atoms with Crippen LogP contribution in [-0.2, 0) is 46.2 Å². The molecule has 4 N–H and O–H groups in total. The molecule has 1 atom stereocenters. The number of nitrogens with two attached hydrogens (primary N) is 1. The van der Waals surface area contributed by atoms with Gasteiger partial charge in [0.1, 0.15) is 5.76 Å². The number of carbonyl (C=O) groups excluding carboxylic acids is 5. The Hall–Kier alpha value is -8.98. The Bertz CT molecular complexity index is 3760. The summed E-state index contributed by atoms with van der Waals surface area (Å²) in [6.07, 6.45) is 1.65. The second-order valence-corrected chi connectivity index (χ2v) is 22.5. The average molecular weight is 1180 g/mol. The molecule has 4 amide bonds. The topological polar surface area (TPSA) is 210 Å². The molecular weight excluding hydrogens is 1100 g/mol. The van der Waals surface area contributed by atoms with Gasteiger partial charge >= 0.3 is 5.97 Å². The minimum atomic E-state index is -0.545. The summed E-state index contributed by atoms with van der Waals surface area (Å²) in [5, 5.41) is 12.0. The zero-order chi connectivity index (χ0) is 61.5. The molecule has 6 aromatic carbocycles. The Labute approximate surface area is 507 Å². The number of rotatable bonds is 12. The van der Waals surface area contributed by atoms with Crippen LogP contribution in [0.3, 0.4) is 0 Å². The number of fused-ring (bicyclic) bond motifs is 4.